The molecule has 0 bridgehead atoms. The molecule has 1 fully saturated rings. The zero-order valence-electron chi connectivity index (χ0n) is 17.6. The second-order valence-electron chi connectivity index (χ2n) is 9.64. The number of carboxylic acids is 1. The van der Waals surface area contributed by atoms with Crippen LogP contribution in [0.3, 0.4) is 0 Å². The fourth-order valence-corrected chi connectivity index (χ4v) is 4.93. The van der Waals surface area contributed by atoms with E-state index in [9.17, 15) is 9.18 Å². The Balaban J connectivity index is 2.11. The molecule has 0 amide bonds. The molecule has 3 rings (SSSR count). The first kappa shape index (κ1) is 21.0. The molecule has 0 saturated heterocycles. The van der Waals surface area contributed by atoms with Gasteiger partial charge in [-0.15, -0.1) is 0 Å². The van der Waals surface area contributed by atoms with E-state index in [0.29, 0.717) is 0 Å². The number of hydrogen-bond donors (Lipinski definition) is 1. The van der Waals surface area contributed by atoms with E-state index in [1.165, 1.54) is 29.7 Å². The normalized spacial score (nSPS) is 18.0. The van der Waals surface area contributed by atoms with Crippen LogP contribution in [-0.4, -0.2) is 11.1 Å². The van der Waals surface area contributed by atoms with Gasteiger partial charge in [0.1, 0.15) is 5.82 Å². The van der Waals surface area contributed by atoms with Crippen LogP contribution in [0.1, 0.15) is 63.6 Å². The summed E-state index contributed by atoms with van der Waals surface area (Å²) in [6.45, 7) is 9.26. The van der Waals surface area contributed by atoms with E-state index < -0.39 is 5.97 Å². The van der Waals surface area contributed by atoms with Crippen LogP contribution in [0.2, 0.25) is 0 Å². The van der Waals surface area contributed by atoms with Crippen molar-refractivity contribution in [2.75, 3.05) is 0 Å². The molecular weight excluding hydrogens is 363 g/mol. The van der Waals surface area contributed by atoms with Gasteiger partial charge in [0.25, 0.3) is 0 Å². The third-order valence-electron chi connectivity index (χ3n) is 5.45. The number of carboxylic acid groups (broad SMARTS) is 1. The van der Waals surface area contributed by atoms with Crippen LogP contribution < -0.4 is 0 Å². The molecular formula is C26H29FO2. The highest BCUT2D eigenvalue weighted by Gasteiger charge is 2.37. The minimum Gasteiger partial charge on any atom is -0.478 e. The zero-order chi connectivity index (χ0) is 21.2. The predicted molar refractivity (Wildman–Crippen MR) is 117 cm³/mol. The van der Waals surface area contributed by atoms with Crippen LogP contribution in [0.15, 0.2) is 60.2 Å². The van der Waals surface area contributed by atoms with Crippen LogP contribution in [0.25, 0.3) is 11.6 Å². The molecule has 152 valence electrons. The molecule has 0 aliphatic heterocycles. The Morgan fingerprint density at radius 2 is 1.38 bits per heavy atom. The van der Waals surface area contributed by atoms with E-state index in [2.05, 4.69) is 27.7 Å². The summed E-state index contributed by atoms with van der Waals surface area (Å²) in [7, 11) is 0. The maximum absolute atomic E-state index is 13.6. The number of allylic oxidation sites excluding steroid dienone is 1. The molecule has 2 aromatic carbocycles. The van der Waals surface area contributed by atoms with Gasteiger partial charge in [-0.25, -0.2) is 9.18 Å². The molecule has 1 saturated carbocycles. The number of benzene rings is 2. The summed E-state index contributed by atoms with van der Waals surface area (Å²) < 4.78 is 13.6. The number of hydrogen-bond acceptors (Lipinski definition) is 1. The average molecular weight is 393 g/mol. The van der Waals surface area contributed by atoms with Crippen molar-refractivity contribution >= 4 is 17.6 Å². The number of carbonyl (C=O) groups is 1. The molecule has 0 atom stereocenters. The van der Waals surface area contributed by atoms with E-state index in [1.54, 1.807) is 6.08 Å². The molecule has 0 unspecified atom stereocenters. The smallest absolute Gasteiger partial charge is 0.328 e. The molecule has 1 N–H and O–H groups in total. The van der Waals surface area contributed by atoms with E-state index in [4.69, 9.17) is 5.11 Å². The lowest BCUT2D eigenvalue weighted by atomic mass is 9.62. The number of halogens is 1. The quantitative estimate of drug-likeness (QED) is 0.571. The Morgan fingerprint density at radius 3 is 1.86 bits per heavy atom. The van der Waals surface area contributed by atoms with Crippen molar-refractivity contribution in [2.45, 2.75) is 47.0 Å². The Kier molecular flexibility index (Phi) is 5.79. The largest absolute Gasteiger partial charge is 0.478 e. The molecule has 0 radical (unpaired) electrons. The minimum absolute atomic E-state index is 0.201. The van der Waals surface area contributed by atoms with E-state index >= 15 is 0 Å². The van der Waals surface area contributed by atoms with Crippen molar-refractivity contribution in [3.8, 4) is 0 Å². The summed E-state index contributed by atoms with van der Waals surface area (Å²) in [6.07, 6.45) is 5.90. The van der Waals surface area contributed by atoms with E-state index in [0.717, 1.165) is 35.6 Å². The summed E-state index contributed by atoms with van der Waals surface area (Å²) in [5, 5.41) is 8.83. The summed E-state index contributed by atoms with van der Waals surface area (Å²) in [6, 6.07) is 14.6. The van der Waals surface area contributed by atoms with Crippen molar-refractivity contribution in [1.29, 1.82) is 0 Å². The summed E-state index contributed by atoms with van der Waals surface area (Å²) >= 11 is 0. The zero-order valence-corrected chi connectivity index (χ0v) is 17.6. The molecule has 0 spiro atoms. The van der Waals surface area contributed by atoms with Gasteiger partial charge in [-0.2, -0.15) is 0 Å². The molecule has 3 heteroatoms. The molecule has 2 nitrogen and oxygen atoms in total. The standard InChI is InChI=1S/C26H29FO2/c1-25(2)15-21(16-26(3,4)17-25)24(20-10-12-22(27)13-11-20)19-8-5-18(6-9-19)7-14-23(28)29/h5-14H,15-17H2,1-4H3,(H,28,29)/b14-7+. The van der Waals surface area contributed by atoms with Crippen molar-refractivity contribution in [1.82, 2.24) is 0 Å². The van der Waals surface area contributed by atoms with Crippen molar-refractivity contribution < 1.29 is 14.3 Å². The van der Waals surface area contributed by atoms with E-state index in [1.807, 2.05) is 36.4 Å². The van der Waals surface area contributed by atoms with Crippen LogP contribution in [0.4, 0.5) is 4.39 Å². The summed E-state index contributed by atoms with van der Waals surface area (Å²) in [5.74, 6) is -1.20. The highest BCUT2D eigenvalue weighted by Crippen LogP contribution is 2.50. The summed E-state index contributed by atoms with van der Waals surface area (Å²) in [4.78, 5) is 10.8. The van der Waals surface area contributed by atoms with Gasteiger partial charge in [0.05, 0.1) is 0 Å². The van der Waals surface area contributed by atoms with Crippen LogP contribution in [-0.2, 0) is 4.79 Å². The number of aliphatic carboxylic acids is 1. The number of rotatable bonds is 4. The molecule has 2 aromatic rings. The highest BCUT2D eigenvalue weighted by molar-refractivity contribution is 5.86. The first-order chi connectivity index (χ1) is 13.5. The van der Waals surface area contributed by atoms with Crippen LogP contribution >= 0.6 is 0 Å². The summed E-state index contributed by atoms with van der Waals surface area (Å²) in [5.41, 5.74) is 5.89. The van der Waals surface area contributed by atoms with Crippen LogP contribution in [0, 0.1) is 16.6 Å². The van der Waals surface area contributed by atoms with E-state index in [-0.39, 0.29) is 16.6 Å². The van der Waals surface area contributed by atoms with Crippen molar-refractivity contribution in [3.05, 3.63) is 82.7 Å². The first-order valence-electron chi connectivity index (χ1n) is 10.0. The molecule has 1 aliphatic carbocycles. The second kappa shape index (κ2) is 7.98. The minimum atomic E-state index is -0.963. The lowest BCUT2D eigenvalue weighted by Crippen LogP contribution is -2.30. The predicted octanol–water partition coefficient (Wildman–Crippen LogP) is 6.96. The van der Waals surface area contributed by atoms with Gasteiger partial charge in [0.2, 0.25) is 0 Å². The third kappa shape index (κ3) is 5.44. The first-order valence-corrected chi connectivity index (χ1v) is 10.0. The van der Waals surface area contributed by atoms with Gasteiger partial charge in [-0.1, -0.05) is 69.7 Å². The molecule has 29 heavy (non-hydrogen) atoms. The lowest BCUT2D eigenvalue weighted by molar-refractivity contribution is -0.131. The Labute approximate surface area is 172 Å². The van der Waals surface area contributed by atoms with Gasteiger partial charge in [0, 0.05) is 6.08 Å². The second-order valence-corrected chi connectivity index (χ2v) is 9.64. The maximum atomic E-state index is 13.6. The Bertz CT molecular complexity index is 927. The average Bonchev–Trinajstić information content (AvgIpc) is 2.60. The molecule has 0 heterocycles. The van der Waals surface area contributed by atoms with Gasteiger partial charge in [-0.05, 0) is 70.6 Å². The van der Waals surface area contributed by atoms with Crippen molar-refractivity contribution in [3.63, 3.8) is 0 Å². The van der Waals surface area contributed by atoms with Gasteiger partial charge >= 0.3 is 5.97 Å². The van der Waals surface area contributed by atoms with Gasteiger partial charge < -0.3 is 5.11 Å². The fourth-order valence-electron chi connectivity index (χ4n) is 4.93. The molecule has 0 aromatic heterocycles. The van der Waals surface area contributed by atoms with Crippen LogP contribution in [0.5, 0.6) is 0 Å². The molecule has 1 aliphatic rings. The lowest BCUT2D eigenvalue weighted by Gasteiger charge is -2.43. The Hall–Kier alpha value is -2.68. The van der Waals surface area contributed by atoms with Crippen molar-refractivity contribution in [2.24, 2.45) is 10.8 Å². The van der Waals surface area contributed by atoms with Gasteiger partial charge in [0.15, 0.2) is 0 Å². The monoisotopic (exact) mass is 392 g/mol. The fraction of sp³-hybridized carbons (Fsp3) is 0.346. The maximum Gasteiger partial charge on any atom is 0.328 e. The highest BCUT2D eigenvalue weighted by atomic mass is 19.1. The Morgan fingerprint density at radius 1 is 0.897 bits per heavy atom. The SMILES string of the molecule is CC1(C)CC(=C(c2ccc(F)cc2)c2ccc(/C=C/C(=O)O)cc2)CC(C)(C)C1. The van der Waals surface area contributed by atoms with Gasteiger partial charge in [-0.3, -0.25) is 0 Å². The topological polar surface area (TPSA) is 37.3 Å². The third-order valence-corrected chi connectivity index (χ3v) is 5.45.